The van der Waals surface area contributed by atoms with Crippen LogP contribution in [-0.4, -0.2) is 16.0 Å². The zero-order valence-electron chi connectivity index (χ0n) is 6.83. The first kappa shape index (κ1) is 7.49. The molecule has 0 aliphatic heterocycles. The van der Waals surface area contributed by atoms with E-state index in [2.05, 4.69) is 9.97 Å². The van der Waals surface area contributed by atoms with Crippen LogP contribution in [0.2, 0.25) is 0 Å². The highest BCUT2D eigenvalue weighted by atomic mass is 15.0. The molecule has 4 nitrogen and oxygen atoms in total. The van der Waals surface area contributed by atoms with Gasteiger partial charge in [0.1, 0.15) is 0 Å². The molecule has 1 unspecified atom stereocenters. The van der Waals surface area contributed by atoms with E-state index in [9.17, 15) is 0 Å². The fourth-order valence-corrected chi connectivity index (χ4v) is 1.55. The second kappa shape index (κ2) is 2.71. The topological polar surface area (TPSA) is 77.8 Å². The third-order valence-corrected chi connectivity index (χ3v) is 2.21. The molecule has 1 aromatic heterocycles. The Bertz CT molecular complexity index is 297. The van der Waals surface area contributed by atoms with Gasteiger partial charge in [-0.15, -0.1) is 0 Å². The molecule has 1 aliphatic rings. The summed E-state index contributed by atoms with van der Waals surface area (Å²) in [6, 6.07) is 0.268. The van der Waals surface area contributed by atoms with Gasteiger partial charge in [-0.05, 0) is 24.8 Å². The van der Waals surface area contributed by atoms with E-state index in [0.29, 0.717) is 5.95 Å². The van der Waals surface area contributed by atoms with E-state index in [1.54, 1.807) is 6.20 Å². The van der Waals surface area contributed by atoms with Gasteiger partial charge in [0.05, 0.1) is 0 Å². The Morgan fingerprint density at radius 2 is 2.33 bits per heavy atom. The zero-order chi connectivity index (χ0) is 8.55. The lowest BCUT2D eigenvalue weighted by molar-refractivity contribution is 0.564. The fraction of sp³-hybridized carbons (Fsp3) is 0.500. The predicted octanol–water partition coefficient (Wildman–Crippen LogP) is -0.125. The lowest BCUT2D eigenvalue weighted by Gasteiger charge is -2.19. The molecule has 4 N–H and O–H groups in total. The third-order valence-electron chi connectivity index (χ3n) is 2.21. The Balaban J connectivity index is 2.37. The summed E-state index contributed by atoms with van der Waals surface area (Å²) in [4.78, 5) is 8.10. The number of aromatic nitrogens is 2. The van der Waals surface area contributed by atoms with Crippen LogP contribution in [0.5, 0.6) is 0 Å². The molecule has 0 aromatic carbocycles. The molecule has 1 aromatic rings. The van der Waals surface area contributed by atoms with Crippen LogP contribution in [0.25, 0.3) is 0 Å². The van der Waals surface area contributed by atoms with Gasteiger partial charge >= 0.3 is 0 Å². The van der Waals surface area contributed by atoms with Gasteiger partial charge in [0, 0.05) is 17.9 Å². The molecule has 1 heterocycles. The lowest BCUT2D eigenvalue weighted by Crippen LogP contribution is -2.28. The SMILES string of the molecule is Nc1ncc2c(n1)CCC(N)C2. The molecule has 1 atom stereocenters. The summed E-state index contributed by atoms with van der Waals surface area (Å²) in [6.45, 7) is 0. The minimum atomic E-state index is 0.268. The van der Waals surface area contributed by atoms with Crippen LogP contribution >= 0.6 is 0 Å². The lowest BCUT2D eigenvalue weighted by atomic mass is 9.94. The normalized spacial score (nSPS) is 21.9. The first-order chi connectivity index (χ1) is 5.75. The molecule has 2 rings (SSSR count). The number of hydrogen-bond donors (Lipinski definition) is 2. The van der Waals surface area contributed by atoms with E-state index >= 15 is 0 Å². The number of aryl methyl sites for hydroxylation is 1. The van der Waals surface area contributed by atoms with Gasteiger partial charge in [-0.3, -0.25) is 0 Å². The molecule has 4 heteroatoms. The maximum Gasteiger partial charge on any atom is 0.220 e. The first-order valence-electron chi connectivity index (χ1n) is 4.11. The van der Waals surface area contributed by atoms with Crippen LogP contribution < -0.4 is 11.5 Å². The molecule has 0 saturated heterocycles. The van der Waals surface area contributed by atoms with Gasteiger partial charge in [-0.1, -0.05) is 0 Å². The zero-order valence-corrected chi connectivity index (χ0v) is 6.83. The van der Waals surface area contributed by atoms with Crippen LogP contribution in [0.4, 0.5) is 5.95 Å². The average molecular weight is 164 g/mol. The van der Waals surface area contributed by atoms with Crippen molar-refractivity contribution in [2.75, 3.05) is 5.73 Å². The van der Waals surface area contributed by atoms with Gasteiger partial charge in [-0.2, -0.15) is 0 Å². The Labute approximate surface area is 71.0 Å². The molecule has 0 spiro atoms. The number of nitrogens with two attached hydrogens (primary N) is 2. The molecule has 0 saturated carbocycles. The highest BCUT2D eigenvalue weighted by molar-refractivity contribution is 5.27. The van der Waals surface area contributed by atoms with Gasteiger partial charge in [0.25, 0.3) is 0 Å². The first-order valence-corrected chi connectivity index (χ1v) is 4.11. The van der Waals surface area contributed by atoms with E-state index in [4.69, 9.17) is 11.5 Å². The van der Waals surface area contributed by atoms with Crippen LogP contribution in [-0.2, 0) is 12.8 Å². The molecule has 0 radical (unpaired) electrons. The van der Waals surface area contributed by atoms with E-state index in [-0.39, 0.29) is 6.04 Å². The summed E-state index contributed by atoms with van der Waals surface area (Å²) in [6.07, 6.45) is 4.61. The monoisotopic (exact) mass is 164 g/mol. The minimum absolute atomic E-state index is 0.268. The van der Waals surface area contributed by atoms with Crippen LogP contribution in [0.1, 0.15) is 17.7 Å². The van der Waals surface area contributed by atoms with Crippen molar-refractivity contribution in [2.45, 2.75) is 25.3 Å². The van der Waals surface area contributed by atoms with Gasteiger partial charge in [0.15, 0.2) is 0 Å². The van der Waals surface area contributed by atoms with E-state index in [1.807, 2.05) is 0 Å². The highest BCUT2D eigenvalue weighted by Gasteiger charge is 2.16. The predicted molar refractivity (Wildman–Crippen MR) is 46.4 cm³/mol. The van der Waals surface area contributed by atoms with Crippen molar-refractivity contribution in [3.05, 3.63) is 17.5 Å². The van der Waals surface area contributed by atoms with E-state index in [0.717, 1.165) is 30.5 Å². The molecule has 64 valence electrons. The van der Waals surface area contributed by atoms with Gasteiger partial charge in [0.2, 0.25) is 5.95 Å². The Hall–Kier alpha value is -1.16. The van der Waals surface area contributed by atoms with Crippen molar-refractivity contribution in [2.24, 2.45) is 5.73 Å². The van der Waals surface area contributed by atoms with Crippen molar-refractivity contribution in [1.82, 2.24) is 9.97 Å². The summed E-state index contributed by atoms with van der Waals surface area (Å²) in [5.41, 5.74) is 13.5. The summed E-state index contributed by atoms with van der Waals surface area (Å²) < 4.78 is 0. The highest BCUT2D eigenvalue weighted by Crippen LogP contribution is 2.17. The van der Waals surface area contributed by atoms with Crippen molar-refractivity contribution in [3.8, 4) is 0 Å². The van der Waals surface area contributed by atoms with Crippen LogP contribution in [0.15, 0.2) is 6.20 Å². The second-order valence-electron chi connectivity index (χ2n) is 3.20. The minimum Gasteiger partial charge on any atom is -0.368 e. The number of anilines is 1. The molecule has 0 amide bonds. The standard InChI is InChI=1S/C8H12N4/c9-6-1-2-7-5(3-6)4-11-8(10)12-7/h4,6H,1-3,9H2,(H2,10,11,12). The molecular formula is C8H12N4. The third kappa shape index (κ3) is 1.25. The number of nitrogen functional groups attached to an aromatic ring is 1. The van der Waals surface area contributed by atoms with Gasteiger partial charge < -0.3 is 11.5 Å². The summed E-state index contributed by atoms with van der Waals surface area (Å²) >= 11 is 0. The van der Waals surface area contributed by atoms with E-state index in [1.165, 1.54) is 0 Å². The van der Waals surface area contributed by atoms with Crippen LogP contribution in [0, 0.1) is 0 Å². The fourth-order valence-electron chi connectivity index (χ4n) is 1.55. The Kier molecular flexibility index (Phi) is 1.69. The number of nitrogens with zero attached hydrogens (tertiary/aromatic N) is 2. The Morgan fingerprint density at radius 3 is 3.17 bits per heavy atom. The number of hydrogen-bond acceptors (Lipinski definition) is 4. The maximum absolute atomic E-state index is 5.80. The average Bonchev–Trinajstić information content (AvgIpc) is 2.05. The number of fused-ring (bicyclic) bond motifs is 1. The second-order valence-corrected chi connectivity index (χ2v) is 3.20. The quantitative estimate of drug-likeness (QED) is 0.560. The smallest absolute Gasteiger partial charge is 0.220 e. The summed E-state index contributed by atoms with van der Waals surface area (Å²) in [7, 11) is 0. The maximum atomic E-state index is 5.80. The summed E-state index contributed by atoms with van der Waals surface area (Å²) in [5, 5.41) is 0. The molecule has 0 bridgehead atoms. The van der Waals surface area contributed by atoms with Gasteiger partial charge in [-0.25, -0.2) is 9.97 Å². The summed E-state index contributed by atoms with van der Waals surface area (Å²) in [5.74, 6) is 0.365. The molecular weight excluding hydrogens is 152 g/mol. The van der Waals surface area contributed by atoms with Crippen LogP contribution in [0.3, 0.4) is 0 Å². The van der Waals surface area contributed by atoms with E-state index < -0.39 is 0 Å². The number of rotatable bonds is 0. The van der Waals surface area contributed by atoms with Crippen molar-refractivity contribution in [1.29, 1.82) is 0 Å². The van der Waals surface area contributed by atoms with Crippen molar-refractivity contribution >= 4 is 5.95 Å². The molecule has 0 fully saturated rings. The van der Waals surface area contributed by atoms with Crippen molar-refractivity contribution < 1.29 is 0 Å². The molecule has 12 heavy (non-hydrogen) atoms. The largest absolute Gasteiger partial charge is 0.368 e. The van der Waals surface area contributed by atoms with Crippen molar-refractivity contribution in [3.63, 3.8) is 0 Å². The Morgan fingerprint density at radius 1 is 1.50 bits per heavy atom. The molecule has 1 aliphatic carbocycles.